The van der Waals surface area contributed by atoms with E-state index in [-0.39, 0.29) is 0 Å². The van der Waals surface area contributed by atoms with Gasteiger partial charge in [0.25, 0.3) is 0 Å². The number of hydrogen-bond acceptors (Lipinski definition) is 3. The van der Waals surface area contributed by atoms with Crippen LogP contribution in [0, 0.1) is 0 Å². The second kappa shape index (κ2) is 5.82. The van der Waals surface area contributed by atoms with E-state index in [0.29, 0.717) is 0 Å². The summed E-state index contributed by atoms with van der Waals surface area (Å²) in [6, 6.07) is 0. The number of hydrogen-bond donors (Lipinski definition) is 1. The Morgan fingerprint density at radius 2 is 2.57 bits per heavy atom. The molecule has 0 aliphatic carbocycles. The molecule has 0 spiro atoms. The van der Waals surface area contributed by atoms with Crippen LogP contribution < -0.4 is 0 Å². The van der Waals surface area contributed by atoms with E-state index in [1.54, 1.807) is 11.8 Å². The average Bonchev–Trinajstić information content (AvgIpc) is 1.69. The predicted molar refractivity (Wildman–Crippen MR) is 33.3 cm³/mol. The maximum atomic E-state index is 7.85. The molecule has 0 aromatic carbocycles. The molecule has 0 aliphatic heterocycles. The molecule has 7 heavy (non-hydrogen) atoms. The van der Waals surface area contributed by atoms with E-state index in [4.69, 9.17) is 5.21 Å². The molecule has 0 atom stereocenters. The summed E-state index contributed by atoms with van der Waals surface area (Å²) in [5.41, 5.74) is 0. The highest BCUT2D eigenvalue weighted by molar-refractivity contribution is 7.98. The van der Waals surface area contributed by atoms with Crippen LogP contribution in [-0.2, 0) is 0 Å². The van der Waals surface area contributed by atoms with Crippen molar-refractivity contribution in [2.75, 3.05) is 12.0 Å². The number of rotatable bonds is 3. The van der Waals surface area contributed by atoms with Crippen molar-refractivity contribution in [2.24, 2.45) is 5.16 Å². The number of thioether (sulfide) groups is 1. The molecule has 0 bridgehead atoms. The molecular formula is C4H9NOS. The molecule has 0 heterocycles. The molecule has 0 unspecified atom stereocenters. The van der Waals surface area contributed by atoms with E-state index in [1.165, 1.54) is 6.21 Å². The van der Waals surface area contributed by atoms with Crippen LogP contribution in [0.4, 0.5) is 0 Å². The first-order chi connectivity index (χ1) is 3.41. The first-order valence-corrected chi connectivity index (χ1v) is 3.46. The normalized spacial score (nSPS) is 10.4. The smallest absolute Gasteiger partial charge is 0.0444 e. The van der Waals surface area contributed by atoms with E-state index in [2.05, 4.69) is 5.16 Å². The van der Waals surface area contributed by atoms with Gasteiger partial charge in [0.1, 0.15) is 0 Å². The quantitative estimate of drug-likeness (QED) is 0.262. The van der Waals surface area contributed by atoms with Crippen LogP contribution in [-0.4, -0.2) is 23.4 Å². The molecule has 42 valence electrons. The van der Waals surface area contributed by atoms with Gasteiger partial charge >= 0.3 is 0 Å². The summed E-state index contributed by atoms with van der Waals surface area (Å²) in [7, 11) is 0. The van der Waals surface area contributed by atoms with Gasteiger partial charge in [0.15, 0.2) is 0 Å². The van der Waals surface area contributed by atoms with Crippen LogP contribution >= 0.6 is 11.8 Å². The molecular weight excluding hydrogens is 110 g/mol. The largest absolute Gasteiger partial charge is 0.411 e. The Hall–Kier alpha value is -0.180. The molecule has 0 fully saturated rings. The van der Waals surface area contributed by atoms with Crippen molar-refractivity contribution in [3.8, 4) is 0 Å². The number of nitrogens with zero attached hydrogens (tertiary/aromatic N) is 1. The highest BCUT2D eigenvalue weighted by Crippen LogP contribution is 1.91. The van der Waals surface area contributed by atoms with Crippen LogP contribution in [0.5, 0.6) is 0 Å². The lowest BCUT2D eigenvalue weighted by Crippen LogP contribution is -1.77. The first-order valence-electron chi connectivity index (χ1n) is 2.06. The van der Waals surface area contributed by atoms with E-state index in [0.717, 1.165) is 12.2 Å². The summed E-state index contributed by atoms with van der Waals surface area (Å²) < 4.78 is 0. The molecule has 0 aromatic rings. The lowest BCUT2D eigenvalue weighted by molar-refractivity contribution is 0.320. The Bertz CT molecular complexity index is 55.7. The van der Waals surface area contributed by atoms with Crippen molar-refractivity contribution in [1.29, 1.82) is 0 Å². The molecule has 0 amide bonds. The molecule has 0 rings (SSSR count). The second-order valence-corrected chi connectivity index (χ2v) is 2.07. The lowest BCUT2D eigenvalue weighted by Gasteiger charge is -1.82. The van der Waals surface area contributed by atoms with Gasteiger partial charge in [0, 0.05) is 6.21 Å². The SMILES string of the molecule is CSCC/C=N/O. The Morgan fingerprint density at radius 3 is 3.00 bits per heavy atom. The molecule has 0 aliphatic rings. The summed E-state index contributed by atoms with van der Waals surface area (Å²) in [5.74, 6) is 1.03. The van der Waals surface area contributed by atoms with E-state index < -0.39 is 0 Å². The minimum atomic E-state index is 0.859. The fourth-order valence-electron chi connectivity index (χ4n) is 0.228. The zero-order valence-electron chi connectivity index (χ0n) is 4.29. The van der Waals surface area contributed by atoms with Crippen molar-refractivity contribution < 1.29 is 5.21 Å². The van der Waals surface area contributed by atoms with Crippen molar-refractivity contribution in [1.82, 2.24) is 0 Å². The summed E-state index contributed by atoms with van der Waals surface area (Å²) in [6.07, 6.45) is 4.37. The summed E-state index contributed by atoms with van der Waals surface area (Å²) in [5, 5.41) is 10.7. The molecule has 0 aromatic heterocycles. The average molecular weight is 119 g/mol. The predicted octanol–water partition coefficient (Wildman–Crippen LogP) is 1.20. The van der Waals surface area contributed by atoms with Crippen LogP contribution in [0.2, 0.25) is 0 Å². The fourth-order valence-corrected chi connectivity index (χ4v) is 0.569. The third kappa shape index (κ3) is 5.82. The number of oxime groups is 1. The molecule has 2 nitrogen and oxygen atoms in total. The van der Waals surface area contributed by atoms with Crippen LogP contribution in [0.3, 0.4) is 0 Å². The first kappa shape index (κ1) is 6.82. The van der Waals surface area contributed by atoms with Crippen LogP contribution in [0.25, 0.3) is 0 Å². The zero-order chi connectivity index (χ0) is 5.54. The van der Waals surface area contributed by atoms with Crippen molar-refractivity contribution in [3.05, 3.63) is 0 Å². The van der Waals surface area contributed by atoms with Gasteiger partial charge in [-0.1, -0.05) is 0 Å². The van der Waals surface area contributed by atoms with E-state index in [9.17, 15) is 0 Å². The van der Waals surface area contributed by atoms with Crippen LogP contribution in [0.15, 0.2) is 5.16 Å². The highest BCUT2D eigenvalue weighted by atomic mass is 32.2. The maximum Gasteiger partial charge on any atom is 0.0444 e. The Labute approximate surface area is 47.6 Å². The van der Waals surface area contributed by atoms with Gasteiger partial charge in [-0.05, 0) is 18.4 Å². The summed E-state index contributed by atoms with van der Waals surface area (Å²) >= 11 is 1.74. The highest BCUT2D eigenvalue weighted by Gasteiger charge is 1.75. The monoisotopic (exact) mass is 119 g/mol. The van der Waals surface area contributed by atoms with Gasteiger partial charge in [-0.3, -0.25) is 0 Å². The van der Waals surface area contributed by atoms with Gasteiger partial charge in [0.05, 0.1) is 0 Å². The fraction of sp³-hybridized carbons (Fsp3) is 0.750. The van der Waals surface area contributed by atoms with Gasteiger partial charge in [-0.15, -0.1) is 5.16 Å². The van der Waals surface area contributed by atoms with Crippen molar-refractivity contribution in [2.45, 2.75) is 6.42 Å². The summed E-state index contributed by atoms with van der Waals surface area (Å²) in [4.78, 5) is 0. The van der Waals surface area contributed by atoms with Crippen molar-refractivity contribution in [3.63, 3.8) is 0 Å². The van der Waals surface area contributed by atoms with Crippen molar-refractivity contribution >= 4 is 18.0 Å². The minimum Gasteiger partial charge on any atom is -0.411 e. The molecule has 0 saturated heterocycles. The van der Waals surface area contributed by atoms with Gasteiger partial charge in [-0.2, -0.15) is 11.8 Å². The molecule has 3 heteroatoms. The second-order valence-electron chi connectivity index (χ2n) is 1.08. The minimum absolute atomic E-state index is 0.859. The third-order valence-corrected chi connectivity index (χ3v) is 1.18. The molecule has 0 saturated carbocycles. The lowest BCUT2D eigenvalue weighted by atomic mass is 10.5. The molecule has 0 radical (unpaired) electrons. The van der Waals surface area contributed by atoms with Gasteiger partial charge in [0.2, 0.25) is 0 Å². The van der Waals surface area contributed by atoms with Crippen LogP contribution in [0.1, 0.15) is 6.42 Å². The van der Waals surface area contributed by atoms with Gasteiger partial charge < -0.3 is 5.21 Å². The summed E-state index contributed by atoms with van der Waals surface area (Å²) in [6.45, 7) is 0. The topological polar surface area (TPSA) is 32.6 Å². The third-order valence-electron chi connectivity index (χ3n) is 0.533. The zero-order valence-corrected chi connectivity index (χ0v) is 5.11. The Balaban J connectivity index is 2.69. The maximum absolute atomic E-state index is 7.85. The van der Waals surface area contributed by atoms with Gasteiger partial charge in [-0.25, -0.2) is 0 Å². The van der Waals surface area contributed by atoms with E-state index in [1.807, 2.05) is 6.26 Å². The Kier molecular flexibility index (Phi) is 5.67. The Morgan fingerprint density at radius 1 is 1.86 bits per heavy atom. The molecule has 1 N–H and O–H groups in total. The van der Waals surface area contributed by atoms with E-state index >= 15 is 0 Å². The standard InChI is InChI=1S/C4H9NOS/c1-7-4-2-3-5-6/h3,6H,2,4H2,1H3/b5-3+.